The molecular weight excluding hydrogens is 281 g/mol. The summed E-state index contributed by atoms with van der Waals surface area (Å²) in [6.07, 6.45) is -1.59. The number of halogens is 3. The summed E-state index contributed by atoms with van der Waals surface area (Å²) in [7, 11) is 0. The maximum Gasteiger partial charge on any atom is 0.280 e. The summed E-state index contributed by atoms with van der Waals surface area (Å²) in [5, 5.41) is 12.7. The Morgan fingerprint density at radius 1 is 1.19 bits per heavy atom. The highest BCUT2D eigenvalue weighted by atomic mass is 19.3. The molecular formula is C14H7F3N4. The van der Waals surface area contributed by atoms with Crippen molar-refractivity contribution in [3.8, 4) is 17.3 Å². The van der Waals surface area contributed by atoms with Crippen molar-refractivity contribution in [3.05, 3.63) is 53.6 Å². The molecule has 2 aromatic heterocycles. The lowest BCUT2D eigenvalue weighted by Gasteiger charge is -2.07. The van der Waals surface area contributed by atoms with E-state index in [0.29, 0.717) is 5.56 Å². The maximum atomic E-state index is 13.1. The van der Waals surface area contributed by atoms with E-state index in [0.717, 1.165) is 4.52 Å². The first-order valence-corrected chi connectivity index (χ1v) is 5.93. The van der Waals surface area contributed by atoms with Gasteiger partial charge in [0.05, 0.1) is 11.9 Å². The first kappa shape index (κ1) is 13.1. The predicted octanol–water partition coefficient (Wildman–Crippen LogP) is 3.34. The van der Waals surface area contributed by atoms with Crippen LogP contribution in [0.2, 0.25) is 0 Å². The molecule has 0 saturated heterocycles. The van der Waals surface area contributed by atoms with E-state index < -0.39 is 12.2 Å². The lowest BCUT2D eigenvalue weighted by Crippen LogP contribution is -2.02. The summed E-state index contributed by atoms with van der Waals surface area (Å²) in [5.74, 6) is -0.434. The Bertz CT molecular complexity index is 847. The van der Waals surface area contributed by atoms with Crippen molar-refractivity contribution in [1.82, 2.24) is 14.6 Å². The third-order valence-electron chi connectivity index (χ3n) is 2.98. The van der Waals surface area contributed by atoms with E-state index in [9.17, 15) is 13.2 Å². The van der Waals surface area contributed by atoms with Gasteiger partial charge in [-0.15, -0.1) is 0 Å². The average molecular weight is 288 g/mol. The Hall–Kier alpha value is -2.88. The molecule has 4 nitrogen and oxygen atoms in total. The third kappa shape index (κ3) is 2.21. The number of nitriles is 1. The molecule has 2 heterocycles. The van der Waals surface area contributed by atoms with Crippen molar-refractivity contribution in [2.24, 2.45) is 0 Å². The third-order valence-corrected chi connectivity index (χ3v) is 2.98. The molecule has 0 N–H and O–H groups in total. The molecule has 0 fully saturated rings. The fourth-order valence-electron chi connectivity index (χ4n) is 1.99. The Labute approximate surface area is 117 Å². The Morgan fingerprint density at radius 2 is 1.90 bits per heavy atom. The zero-order chi connectivity index (χ0) is 15.0. The normalized spacial score (nSPS) is 11.0. The highest BCUT2D eigenvalue weighted by molar-refractivity contribution is 5.65. The summed E-state index contributed by atoms with van der Waals surface area (Å²) in [6.45, 7) is 0. The first-order chi connectivity index (χ1) is 10.1. The molecule has 21 heavy (non-hydrogen) atoms. The van der Waals surface area contributed by atoms with Crippen molar-refractivity contribution < 1.29 is 13.2 Å². The number of rotatable bonds is 2. The van der Waals surface area contributed by atoms with E-state index in [1.54, 1.807) is 0 Å². The van der Waals surface area contributed by atoms with E-state index >= 15 is 0 Å². The van der Waals surface area contributed by atoms with Crippen molar-refractivity contribution >= 4 is 5.65 Å². The fourth-order valence-corrected chi connectivity index (χ4v) is 1.99. The smallest absolute Gasteiger partial charge is 0.227 e. The van der Waals surface area contributed by atoms with Gasteiger partial charge in [-0.2, -0.15) is 10.4 Å². The van der Waals surface area contributed by atoms with Gasteiger partial charge in [-0.1, -0.05) is 0 Å². The van der Waals surface area contributed by atoms with Gasteiger partial charge < -0.3 is 0 Å². The van der Waals surface area contributed by atoms with Crippen LogP contribution in [0.1, 0.15) is 17.7 Å². The van der Waals surface area contributed by atoms with Crippen molar-refractivity contribution in [1.29, 1.82) is 5.26 Å². The molecule has 104 valence electrons. The van der Waals surface area contributed by atoms with Crippen LogP contribution in [-0.2, 0) is 0 Å². The van der Waals surface area contributed by atoms with Crippen LogP contribution in [0.25, 0.3) is 16.9 Å². The maximum absolute atomic E-state index is 13.1. The molecule has 0 aliphatic carbocycles. The molecule has 0 unspecified atom stereocenters. The van der Waals surface area contributed by atoms with E-state index in [2.05, 4.69) is 10.1 Å². The number of hydrogen-bond acceptors (Lipinski definition) is 3. The minimum Gasteiger partial charge on any atom is -0.227 e. The lowest BCUT2D eigenvalue weighted by atomic mass is 10.1. The van der Waals surface area contributed by atoms with Gasteiger partial charge in [0.2, 0.25) is 0 Å². The molecule has 0 atom stereocenters. The zero-order valence-electron chi connectivity index (χ0n) is 10.5. The lowest BCUT2D eigenvalue weighted by molar-refractivity contribution is 0.143. The molecule has 0 aliphatic heterocycles. The second-order valence-corrected chi connectivity index (χ2v) is 4.28. The quantitative estimate of drug-likeness (QED) is 0.726. The summed E-state index contributed by atoms with van der Waals surface area (Å²) in [5.41, 5.74) is 0.483. The zero-order valence-corrected chi connectivity index (χ0v) is 10.5. The van der Waals surface area contributed by atoms with E-state index in [1.165, 1.54) is 36.5 Å². The summed E-state index contributed by atoms with van der Waals surface area (Å²) >= 11 is 0. The monoisotopic (exact) mass is 288 g/mol. The topological polar surface area (TPSA) is 54.0 Å². The highest BCUT2D eigenvalue weighted by Crippen LogP contribution is 2.26. The fraction of sp³-hybridized carbons (Fsp3) is 0.0714. The molecule has 0 amide bonds. The van der Waals surface area contributed by atoms with Crippen LogP contribution < -0.4 is 0 Å². The number of hydrogen-bond donors (Lipinski definition) is 0. The van der Waals surface area contributed by atoms with Crippen molar-refractivity contribution in [2.75, 3.05) is 0 Å². The van der Waals surface area contributed by atoms with E-state index in [1.807, 2.05) is 6.07 Å². The minimum atomic E-state index is -2.78. The molecule has 3 aromatic rings. The van der Waals surface area contributed by atoms with Gasteiger partial charge in [-0.05, 0) is 30.3 Å². The number of alkyl halides is 2. The van der Waals surface area contributed by atoms with Gasteiger partial charge in [-0.25, -0.2) is 22.7 Å². The second-order valence-electron chi connectivity index (χ2n) is 4.28. The molecule has 0 spiro atoms. The number of benzene rings is 1. The standard InChI is InChI=1S/C14H7F3N4/c15-10-3-1-8(2-4-10)11-5-12(13(16)17)21-14(20-11)9(6-18)7-19-21/h1-5,7,13H. The Kier molecular flexibility index (Phi) is 3.06. The Morgan fingerprint density at radius 3 is 2.52 bits per heavy atom. The number of aromatic nitrogens is 3. The van der Waals surface area contributed by atoms with Gasteiger partial charge in [-0.3, -0.25) is 0 Å². The van der Waals surface area contributed by atoms with Crippen LogP contribution in [0.5, 0.6) is 0 Å². The molecule has 7 heteroatoms. The van der Waals surface area contributed by atoms with E-state index in [-0.39, 0.29) is 22.6 Å². The van der Waals surface area contributed by atoms with E-state index in [4.69, 9.17) is 5.26 Å². The molecule has 3 rings (SSSR count). The molecule has 0 radical (unpaired) electrons. The summed E-state index contributed by atoms with van der Waals surface area (Å²) in [6, 6.07) is 8.33. The molecule has 1 aromatic carbocycles. The van der Waals surface area contributed by atoms with Crippen LogP contribution in [-0.4, -0.2) is 14.6 Å². The summed E-state index contributed by atoms with van der Waals surface area (Å²) in [4.78, 5) is 4.17. The second kappa shape index (κ2) is 4.90. The minimum absolute atomic E-state index is 0.0506. The largest absolute Gasteiger partial charge is 0.280 e. The van der Waals surface area contributed by atoms with Crippen molar-refractivity contribution in [3.63, 3.8) is 0 Å². The number of fused-ring (bicyclic) bond motifs is 1. The molecule has 0 aliphatic rings. The molecule has 0 saturated carbocycles. The predicted molar refractivity (Wildman–Crippen MR) is 68.1 cm³/mol. The van der Waals surface area contributed by atoms with Gasteiger partial charge in [0.25, 0.3) is 6.43 Å². The van der Waals surface area contributed by atoms with Crippen LogP contribution in [0.15, 0.2) is 36.5 Å². The first-order valence-electron chi connectivity index (χ1n) is 5.93. The van der Waals surface area contributed by atoms with Gasteiger partial charge in [0.15, 0.2) is 5.65 Å². The van der Waals surface area contributed by atoms with Gasteiger partial charge in [0.1, 0.15) is 23.1 Å². The van der Waals surface area contributed by atoms with Crippen LogP contribution in [0, 0.1) is 17.1 Å². The molecule has 0 bridgehead atoms. The Balaban J connectivity index is 2.28. The number of nitrogens with zero attached hydrogens (tertiary/aromatic N) is 4. The van der Waals surface area contributed by atoms with Gasteiger partial charge >= 0.3 is 0 Å². The average Bonchev–Trinajstić information content (AvgIpc) is 2.89. The SMILES string of the molecule is N#Cc1cnn2c(C(F)F)cc(-c3ccc(F)cc3)nc12. The van der Waals surface area contributed by atoms with Crippen LogP contribution >= 0.6 is 0 Å². The highest BCUT2D eigenvalue weighted by Gasteiger charge is 2.18. The van der Waals surface area contributed by atoms with Gasteiger partial charge in [0, 0.05) is 5.56 Å². The van der Waals surface area contributed by atoms with Crippen LogP contribution in [0.3, 0.4) is 0 Å². The summed E-state index contributed by atoms with van der Waals surface area (Å²) < 4.78 is 40.2. The van der Waals surface area contributed by atoms with Crippen LogP contribution in [0.4, 0.5) is 13.2 Å². The van der Waals surface area contributed by atoms with Crippen molar-refractivity contribution in [2.45, 2.75) is 6.43 Å².